The van der Waals surface area contributed by atoms with Crippen molar-refractivity contribution in [1.29, 1.82) is 0 Å². The highest BCUT2D eigenvalue weighted by atomic mass is 16.6. The first-order valence-electron chi connectivity index (χ1n) is 6.59. The molecular formula is C15H12N2O6. The van der Waals surface area contributed by atoms with Crippen LogP contribution in [0.25, 0.3) is 0 Å². The maximum Gasteiger partial charge on any atom is 0.304 e. The number of carbonyl (C=O) groups is 1. The van der Waals surface area contributed by atoms with Crippen molar-refractivity contribution in [1.82, 2.24) is 0 Å². The molecule has 0 aliphatic heterocycles. The van der Waals surface area contributed by atoms with E-state index >= 15 is 0 Å². The van der Waals surface area contributed by atoms with Crippen LogP contribution in [0.3, 0.4) is 0 Å². The van der Waals surface area contributed by atoms with E-state index in [1.165, 1.54) is 36.4 Å². The molecule has 0 spiro atoms. The van der Waals surface area contributed by atoms with Crippen LogP contribution in [0.15, 0.2) is 48.5 Å². The largest absolute Gasteiger partial charge is 0.481 e. The van der Waals surface area contributed by atoms with Gasteiger partial charge in [-0.1, -0.05) is 24.3 Å². The normalized spacial score (nSPS) is 10.5. The average Bonchev–Trinajstić information content (AvgIpc) is 2.52. The van der Waals surface area contributed by atoms with Gasteiger partial charge in [0, 0.05) is 30.2 Å². The van der Waals surface area contributed by atoms with E-state index in [2.05, 4.69) is 0 Å². The SMILES string of the molecule is O=C(O)CC(c1cccc([N+](=O)[O-])c1)c1cccc([N+](=O)[O-])c1. The Kier molecular flexibility index (Phi) is 4.65. The first-order valence-corrected chi connectivity index (χ1v) is 6.59. The molecule has 2 aromatic carbocycles. The van der Waals surface area contributed by atoms with Crippen LogP contribution in [0, 0.1) is 20.2 Å². The Morgan fingerprint density at radius 3 is 1.74 bits per heavy atom. The van der Waals surface area contributed by atoms with Gasteiger partial charge in [-0.25, -0.2) is 0 Å². The van der Waals surface area contributed by atoms with Gasteiger partial charge in [-0.05, 0) is 11.1 Å². The number of non-ortho nitro benzene ring substituents is 2. The molecule has 0 saturated carbocycles. The van der Waals surface area contributed by atoms with Crippen LogP contribution in [0.4, 0.5) is 11.4 Å². The van der Waals surface area contributed by atoms with Gasteiger partial charge in [-0.15, -0.1) is 0 Å². The van der Waals surface area contributed by atoms with Gasteiger partial charge in [-0.3, -0.25) is 25.0 Å². The van der Waals surface area contributed by atoms with Crippen LogP contribution >= 0.6 is 0 Å². The Bertz CT molecular complexity index is 717. The predicted octanol–water partition coefficient (Wildman–Crippen LogP) is 3.11. The van der Waals surface area contributed by atoms with Crippen molar-refractivity contribution in [2.75, 3.05) is 0 Å². The molecule has 1 N–H and O–H groups in total. The number of carboxylic acid groups (broad SMARTS) is 1. The highest BCUT2D eigenvalue weighted by molar-refractivity contribution is 5.69. The lowest BCUT2D eigenvalue weighted by Crippen LogP contribution is -2.08. The summed E-state index contributed by atoms with van der Waals surface area (Å²) in [4.78, 5) is 31.7. The lowest BCUT2D eigenvalue weighted by molar-refractivity contribution is -0.385. The maximum absolute atomic E-state index is 11.1. The Hall–Kier alpha value is -3.29. The summed E-state index contributed by atoms with van der Waals surface area (Å²) in [5, 5.41) is 30.9. The molecule has 0 amide bonds. The van der Waals surface area contributed by atoms with Gasteiger partial charge in [0.05, 0.1) is 16.3 Å². The zero-order valence-corrected chi connectivity index (χ0v) is 11.8. The molecule has 0 aliphatic carbocycles. The number of benzene rings is 2. The lowest BCUT2D eigenvalue weighted by Gasteiger charge is -2.15. The van der Waals surface area contributed by atoms with Gasteiger partial charge >= 0.3 is 5.97 Å². The number of nitrogens with zero attached hydrogens (tertiary/aromatic N) is 2. The second-order valence-corrected chi connectivity index (χ2v) is 4.85. The Labute approximate surface area is 130 Å². The molecule has 0 aliphatic rings. The third-order valence-electron chi connectivity index (χ3n) is 3.35. The Morgan fingerprint density at radius 1 is 0.957 bits per heavy atom. The summed E-state index contributed by atoms with van der Waals surface area (Å²) in [7, 11) is 0. The summed E-state index contributed by atoms with van der Waals surface area (Å²) < 4.78 is 0. The molecule has 0 radical (unpaired) electrons. The number of aliphatic carboxylic acids is 1. The van der Waals surface area contributed by atoms with Crippen molar-refractivity contribution >= 4 is 17.3 Å². The summed E-state index contributed by atoms with van der Waals surface area (Å²) in [6, 6.07) is 11.2. The second kappa shape index (κ2) is 6.65. The van der Waals surface area contributed by atoms with E-state index in [4.69, 9.17) is 5.11 Å². The van der Waals surface area contributed by atoms with Crippen molar-refractivity contribution < 1.29 is 19.7 Å². The monoisotopic (exact) mass is 316 g/mol. The molecular weight excluding hydrogens is 304 g/mol. The molecule has 23 heavy (non-hydrogen) atoms. The zero-order valence-electron chi connectivity index (χ0n) is 11.8. The molecule has 2 aromatic rings. The van der Waals surface area contributed by atoms with Gasteiger partial charge < -0.3 is 5.11 Å². The molecule has 0 unspecified atom stereocenters. The third kappa shape index (κ3) is 3.88. The quantitative estimate of drug-likeness (QED) is 0.645. The summed E-state index contributed by atoms with van der Waals surface area (Å²) in [5.41, 5.74) is 0.510. The molecule has 8 heteroatoms. The summed E-state index contributed by atoms with van der Waals surface area (Å²) in [6.07, 6.45) is -0.331. The molecule has 0 atom stereocenters. The van der Waals surface area contributed by atoms with E-state index in [0.717, 1.165) is 0 Å². The molecule has 0 aromatic heterocycles. The molecule has 0 bridgehead atoms. The van der Waals surface area contributed by atoms with Crippen LogP contribution in [0.2, 0.25) is 0 Å². The first-order chi connectivity index (χ1) is 10.9. The van der Waals surface area contributed by atoms with E-state index in [1.54, 1.807) is 12.1 Å². The smallest absolute Gasteiger partial charge is 0.304 e. The molecule has 2 rings (SSSR count). The maximum atomic E-state index is 11.1. The van der Waals surface area contributed by atoms with Gasteiger partial charge in [0.1, 0.15) is 0 Å². The van der Waals surface area contributed by atoms with Crippen LogP contribution in [0.1, 0.15) is 23.5 Å². The fourth-order valence-electron chi connectivity index (χ4n) is 2.31. The third-order valence-corrected chi connectivity index (χ3v) is 3.35. The van der Waals surface area contributed by atoms with E-state index in [1.807, 2.05) is 0 Å². The molecule has 0 fully saturated rings. The van der Waals surface area contributed by atoms with E-state index in [9.17, 15) is 25.0 Å². The molecule has 0 saturated heterocycles. The van der Waals surface area contributed by atoms with Gasteiger partial charge in [-0.2, -0.15) is 0 Å². The number of hydrogen-bond acceptors (Lipinski definition) is 5. The second-order valence-electron chi connectivity index (χ2n) is 4.85. The van der Waals surface area contributed by atoms with Crippen molar-refractivity contribution in [3.63, 3.8) is 0 Å². The van der Waals surface area contributed by atoms with Gasteiger partial charge in [0.25, 0.3) is 11.4 Å². The zero-order chi connectivity index (χ0) is 17.0. The topological polar surface area (TPSA) is 124 Å². The van der Waals surface area contributed by atoms with E-state index < -0.39 is 21.7 Å². The number of rotatable bonds is 6. The number of nitro groups is 2. The minimum atomic E-state index is -1.10. The van der Waals surface area contributed by atoms with Crippen molar-refractivity contribution in [3.05, 3.63) is 79.9 Å². The summed E-state index contributed by atoms with van der Waals surface area (Å²) in [6.45, 7) is 0. The fourth-order valence-corrected chi connectivity index (χ4v) is 2.31. The van der Waals surface area contributed by atoms with Crippen LogP contribution in [-0.2, 0) is 4.79 Å². The van der Waals surface area contributed by atoms with Crippen LogP contribution in [-0.4, -0.2) is 20.9 Å². The van der Waals surface area contributed by atoms with Crippen molar-refractivity contribution in [2.24, 2.45) is 0 Å². The molecule has 0 heterocycles. The summed E-state index contributed by atoms with van der Waals surface area (Å²) in [5.74, 6) is -1.82. The Balaban J connectivity index is 2.51. The van der Waals surface area contributed by atoms with Gasteiger partial charge in [0.15, 0.2) is 0 Å². The predicted molar refractivity (Wildman–Crippen MR) is 80.3 cm³/mol. The van der Waals surface area contributed by atoms with Gasteiger partial charge in [0.2, 0.25) is 0 Å². The van der Waals surface area contributed by atoms with E-state index in [0.29, 0.717) is 11.1 Å². The summed E-state index contributed by atoms with van der Waals surface area (Å²) >= 11 is 0. The van der Waals surface area contributed by atoms with Crippen LogP contribution < -0.4 is 0 Å². The molecule has 8 nitrogen and oxygen atoms in total. The minimum Gasteiger partial charge on any atom is -0.481 e. The fraction of sp³-hybridized carbons (Fsp3) is 0.133. The standard InChI is InChI=1S/C15H12N2O6/c18-15(19)9-14(10-3-1-5-12(7-10)16(20)21)11-4-2-6-13(8-11)17(22)23/h1-8,14H,9H2,(H,18,19). The molecule has 118 valence electrons. The first kappa shape index (κ1) is 16.1. The van der Waals surface area contributed by atoms with Crippen LogP contribution in [0.5, 0.6) is 0 Å². The Morgan fingerprint density at radius 2 is 1.39 bits per heavy atom. The highest BCUT2D eigenvalue weighted by Crippen LogP contribution is 2.31. The average molecular weight is 316 g/mol. The van der Waals surface area contributed by atoms with E-state index in [-0.39, 0.29) is 17.8 Å². The minimum absolute atomic E-state index is 0.164. The van der Waals surface area contributed by atoms with Crippen molar-refractivity contribution in [3.8, 4) is 0 Å². The van der Waals surface area contributed by atoms with Crippen molar-refractivity contribution in [2.45, 2.75) is 12.3 Å². The lowest BCUT2D eigenvalue weighted by atomic mass is 9.88. The highest BCUT2D eigenvalue weighted by Gasteiger charge is 2.21. The number of carboxylic acids is 1. The number of hydrogen-bond donors (Lipinski definition) is 1. The number of nitro benzene ring substituents is 2.